The van der Waals surface area contributed by atoms with E-state index in [4.69, 9.17) is 15.5 Å². The summed E-state index contributed by atoms with van der Waals surface area (Å²) in [6, 6.07) is 17.1. The van der Waals surface area contributed by atoms with Gasteiger partial charge in [0.25, 0.3) is 5.56 Å². The number of nitrogens with zero attached hydrogens (tertiary/aromatic N) is 2. The van der Waals surface area contributed by atoms with Gasteiger partial charge >= 0.3 is 7.60 Å². The van der Waals surface area contributed by atoms with Gasteiger partial charge in [-0.1, -0.05) is 36.4 Å². The first-order valence-corrected chi connectivity index (χ1v) is 9.05. The van der Waals surface area contributed by atoms with E-state index in [2.05, 4.69) is 0 Å². The molecule has 4 N–H and O–H groups in total. The Kier molecular flexibility index (Phi) is 5.64. The van der Waals surface area contributed by atoms with Crippen LogP contribution in [0.3, 0.4) is 0 Å². The molecule has 0 radical (unpaired) electrons. The van der Waals surface area contributed by atoms with Crippen molar-refractivity contribution in [1.29, 1.82) is 0 Å². The summed E-state index contributed by atoms with van der Waals surface area (Å²) in [4.78, 5) is 29.0. The summed E-state index contributed by atoms with van der Waals surface area (Å²) in [5, 5.41) is 0.0648. The molecule has 0 aliphatic carbocycles. The fourth-order valence-electron chi connectivity index (χ4n) is 2.21. The van der Waals surface area contributed by atoms with Crippen LogP contribution in [0.15, 0.2) is 65.5 Å². The zero-order valence-electron chi connectivity index (χ0n) is 13.9. The van der Waals surface area contributed by atoms with Crippen LogP contribution in [0.5, 0.6) is 0 Å². The van der Waals surface area contributed by atoms with Crippen LogP contribution >= 0.6 is 7.60 Å². The lowest BCUT2D eigenvalue weighted by molar-refractivity contribution is 0.387. The third-order valence-corrected chi connectivity index (χ3v) is 4.66. The van der Waals surface area contributed by atoms with E-state index in [1.165, 1.54) is 12.1 Å². The number of anilines is 1. The SMILES string of the molecule is Cc1c(N)c(=O)n(-c2ccccc2)n1C.O=P(O)(O)c1ccccc1. The average Bonchev–Trinajstić information content (AvgIpc) is 2.80. The van der Waals surface area contributed by atoms with Gasteiger partial charge in [0, 0.05) is 7.05 Å². The summed E-state index contributed by atoms with van der Waals surface area (Å²) in [5.41, 5.74) is 7.43. The second-order valence-corrected chi connectivity index (χ2v) is 6.96. The summed E-state index contributed by atoms with van der Waals surface area (Å²) >= 11 is 0. The minimum absolute atomic E-state index is 0.0648. The van der Waals surface area contributed by atoms with Gasteiger partial charge in [-0.15, -0.1) is 0 Å². The lowest BCUT2D eigenvalue weighted by Crippen LogP contribution is -2.20. The minimum atomic E-state index is -4.02. The number of para-hydroxylation sites is 1. The van der Waals surface area contributed by atoms with Gasteiger partial charge in [-0.25, -0.2) is 4.68 Å². The molecule has 0 fully saturated rings. The van der Waals surface area contributed by atoms with Crippen LogP contribution in [0.1, 0.15) is 5.69 Å². The van der Waals surface area contributed by atoms with Gasteiger partial charge in [0.1, 0.15) is 5.69 Å². The predicted molar refractivity (Wildman–Crippen MR) is 98.3 cm³/mol. The highest BCUT2D eigenvalue weighted by Crippen LogP contribution is 2.32. The molecule has 0 aliphatic rings. The van der Waals surface area contributed by atoms with Crippen molar-refractivity contribution >= 4 is 18.6 Å². The van der Waals surface area contributed by atoms with Crippen LogP contribution in [-0.4, -0.2) is 19.2 Å². The third-order valence-electron chi connectivity index (χ3n) is 3.69. The molecule has 1 heterocycles. The van der Waals surface area contributed by atoms with E-state index in [1.54, 1.807) is 27.6 Å². The molecule has 3 rings (SSSR count). The highest BCUT2D eigenvalue weighted by atomic mass is 31.2. The molecule has 8 heteroatoms. The quantitative estimate of drug-likeness (QED) is 0.600. The Morgan fingerprint density at radius 1 is 0.960 bits per heavy atom. The molecule has 0 unspecified atom stereocenters. The van der Waals surface area contributed by atoms with Gasteiger partial charge in [-0.05, 0) is 31.2 Å². The maximum atomic E-state index is 11.8. The van der Waals surface area contributed by atoms with Crippen molar-refractivity contribution in [2.24, 2.45) is 7.05 Å². The number of benzene rings is 2. The van der Waals surface area contributed by atoms with Gasteiger partial charge in [0.15, 0.2) is 0 Å². The molecule has 1 aromatic heterocycles. The predicted octanol–water partition coefficient (Wildman–Crippen LogP) is 1.56. The molecule has 0 amide bonds. The summed E-state index contributed by atoms with van der Waals surface area (Å²) in [7, 11) is -2.20. The molecular formula is C17H20N3O4P. The van der Waals surface area contributed by atoms with E-state index in [0.717, 1.165) is 11.4 Å². The number of nitrogens with two attached hydrogens (primary N) is 1. The first-order chi connectivity index (χ1) is 11.7. The molecule has 2 aromatic carbocycles. The van der Waals surface area contributed by atoms with Crippen LogP contribution in [0.25, 0.3) is 5.69 Å². The van der Waals surface area contributed by atoms with Crippen molar-refractivity contribution < 1.29 is 14.4 Å². The topological polar surface area (TPSA) is 110 Å². The fraction of sp³-hybridized carbons (Fsp3) is 0.118. The van der Waals surface area contributed by atoms with Crippen molar-refractivity contribution in [1.82, 2.24) is 9.36 Å². The average molecular weight is 361 g/mol. The van der Waals surface area contributed by atoms with Gasteiger partial charge < -0.3 is 15.5 Å². The molecule has 0 spiro atoms. The van der Waals surface area contributed by atoms with Crippen LogP contribution in [0.2, 0.25) is 0 Å². The molecule has 0 atom stereocenters. The largest absolute Gasteiger partial charge is 0.393 e. The molecule has 0 saturated carbocycles. The Morgan fingerprint density at radius 3 is 1.80 bits per heavy atom. The molecular weight excluding hydrogens is 341 g/mol. The van der Waals surface area contributed by atoms with Crippen LogP contribution in [0, 0.1) is 6.92 Å². The Morgan fingerprint density at radius 2 is 1.44 bits per heavy atom. The lowest BCUT2D eigenvalue weighted by Gasteiger charge is -2.07. The maximum absolute atomic E-state index is 11.8. The van der Waals surface area contributed by atoms with Gasteiger partial charge in [-0.2, -0.15) is 0 Å². The standard InChI is InChI=1S/C11H13N3O.C6H7O3P/c1-8-10(12)11(15)14(13(8)2)9-6-4-3-5-7-9;7-10(8,9)6-4-2-1-3-5-6/h3-7H,12H2,1-2H3;1-5H,(H2,7,8,9). The highest BCUT2D eigenvalue weighted by Gasteiger charge is 2.14. The van der Waals surface area contributed by atoms with E-state index >= 15 is 0 Å². The Balaban J connectivity index is 0.000000196. The summed E-state index contributed by atoms with van der Waals surface area (Å²) in [5.74, 6) is 0. The van der Waals surface area contributed by atoms with Crippen molar-refractivity contribution in [2.45, 2.75) is 6.92 Å². The maximum Gasteiger partial charge on any atom is 0.356 e. The van der Waals surface area contributed by atoms with E-state index in [-0.39, 0.29) is 10.9 Å². The van der Waals surface area contributed by atoms with Crippen LogP contribution in [-0.2, 0) is 11.6 Å². The molecule has 0 aliphatic heterocycles. The molecule has 25 heavy (non-hydrogen) atoms. The van der Waals surface area contributed by atoms with Gasteiger partial charge in [-0.3, -0.25) is 14.0 Å². The van der Waals surface area contributed by atoms with Crippen LogP contribution < -0.4 is 16.6 Å². The normalized spacial score (nSPS) is 10.9. The highest BCUT2D eigenvalue weighted by molar-refractivity contribution is 7.60. The van der Waals surface area contributed by atoms with Crippen molar-refractivity contribution in [3.8, 4) is 5.69 Å². The van der Waals surface area contributed by atoms with Crippen molar-refractivity contribution in [3.63, 3.8) is 0 Å². The monoisotopic (exact) mass is 361 g/mol. The molecule has 0 bridgehead atoms. The Hall–Kier alpha value is -2.60. The first-order valence-electron chi connectivity index (χ1n) is 7.44. The van der Waals surface area contributed by atoms with Gasteiger partial charge in [0.2, 0.25) is 0 Å². The van der Waals surface area contributed by atoms with E-state index < -0.39 is 7.60 Å². The van der Waals surface area contributed by atoms with Gasteiger partial charge in [0.05, 0.1) is 16.7 Å². The molecule has 7 nitrogen and oxygen atoms in total. The zero-order chi connectivity index (χ0) is 18.6. The Labute approximate surface area is 145 Å². The molecule has 3 aromatic rings. The van der Waals surface area contributed by atoms with E-state index in [9.17, 15) is 9.36 Å². The van der Waals surface area contributed by atoms with Crippen LogP contribution in [0.4, 0.5) is 5.69 Å². The number of hydrogen-bond acceptors (Lipinski definition) is 3. The van der Waals surface area contributed by atoms with E-state index in [1.807, 2.05) is 44.3 Å². The second-order valence-electron chi connectivity index (χ2n) is 5.35. The first kappa shape index (κ1) is 18.7. The summed E-state index contributed by atoms with van der Waals surface area (Å²) < 4.78 is 13.8. The van der Waals surface area contributed by atoms with Crippen molar-refractivity contribution in [2.75, 3.05) is 5.73 Å². The number of aromatic nitrogens is 2. The number of rotatable bonds is 2. The number of nitrogen functional groups attached to an aromatic ring is 1. The third kappa shape index (κ3) is 4.28. The second kappa shape index (κ2) is 7.53. The zero-order valence-corrected chi connectivity index (χ0v) is 14.8. The lowest BCUT2D eigenvalue weighted by atomic mass is 10.3. The molecule has 0 saturated heterocycles. The smallest absolute Gasteiger partial charge is 0.356 e. The summed E-state index contributed by atoms with van der Waals surface area (Å²) in [6.45, 7) is 1.83. The number of hydrogen-bond donors (Lipinski definition) is 3. The van der Waals surface area contributed by atoms with E-state index in [0.29, 0.717) is 5.69 Å². The molecule has 132 valence electrons. The van der Waals surface area contributed by atoms with Crippen molar-refractivity contribution in [3.05, 3.63) is 76.7 Å². The summed E-state index contributed by atoms with van der Waals surface area (Å²) in [6.07, 6.45) is 0. The minimum Gasteiger partial charge on any atom is -0.393 e. The fourth-order valence-corrected chi connectivity index (χ4v) is 2.77. The Bertz CT molecular complexity index is 943.